The lowest BCUT2D eigenvalue weighted by atomic mass is 9.93. The first kappa shape index (κ1) is 15.3. The van der Waals surface area contributed by atoms with Crippen LogP contribution in [0, 0.1) is 5.92 Å². The normalized spacial score (nSPS) is 23.5. The van der Waals surface area contributed by atoms with Gasteiger partial charge in [-0.15, -0.1) is 0 Å². The first-order valence-corrected chi connectivity index (χ1v) is 7.74. The van der Waals surface area contributed by atoms with E-state index in [1.165, 1.54) is 19.4 Å². The van der Waals surface area contributed by atoms with E-state index >= 15 is 0 Å². The first-order valence-electron chi connectivity index (χ1n) is 7.33. The molecule has 1 aliphatic rings. The van der Waals surface area contributed by atoms with Gasteiger partial charge in [-0.1, -0.05) is 31.3 Å². The number of piperidine rings is 1. The molecule has 2 rings (SSSR count). The molecular weight excluding hydrogens is 268 g/mol. The molecule has 0 aromatic heterocycles. The number of thiocarbonyl (C=S) groups is 1. The summed E-state index contributed by atoms with van der Waals surface area (Å²) >= 11 is 5.04. The van der Waals surface area contributed by atoms with Crippen molar-refractivity contribution in [3.8, 4) is 5.75 Å². The quantitative estimate of drug-likeness (QED) is 0.847. The second kappa shape index (κ2) is 7.04. The van der Waals surface area contributed by atoms with E-state index in [2.05, 4.69) is 18.7 Å². The Hall–Kier alpha value is -1.13. The van der Waals surface area contributed by atoms with Gasteiger partial charge in [0.05, 0.1) is 5.56 Å². The molecule has 0 bridgehead atoms. The standard InChI is InChI=1S/C16H24N2OS/c1-12-7-8-18(13(2)11-12)9-10-19-15-6-4-3-5-14(15)16(17)20/h3-6,12-13H,7-11H2,1-2H3,(H2,17,20). The van der Waals surface area contributed by atoms with Gasteiger partial charge in [0.1, 0.15) is 17.3 Å². The third-order valence-electron chi connectivity index (χ3n) is 4.06. The topological polar surface area (TPSA) is 38.5 Å². The Morgan fingerprint density at radius 1 is 1.40 bits per heavy atom. The van der Waals surface area contributed by atoms with Crippen LogP contribution in [0.2, 0.25) is 0 Å². The summed E-state index contributed by atoms with van der Waals surface area (Å²) in [6, 6.07) is 8.35. The lowest BCUT2D eigenvalue weighted by molar-refractivity contribution is 0.109. The molecule has 1 fully saturated rings. The summed E-state index contributed by atoms with van der Waals surface area (Å²) in [4.78, 5) is 2.89. The van der Waals surface area contributed by atoms with Gasteiger partial charge >= 0.3 is 0 Å². The molecule has 0 amide bonds. The van der Waals surface area contributed by atoms with Crippen LogP contribution in [0.4, 0.5) is 0 Å². The predicted octanol–water partition coefficient (Wildman–Crippen LogP) is 2.82. The summed E-state index contributed by atoms with van der Waals surface area (Å²) in [5, 5.41) is 0. The van der Waals surface area contributed by atoms with Crippen LogP contribution >= 0.6 is 12.2 Å². The third kappa shape index (κ3) is 3.93. The zero-order valence-corrected chi connectivity index (χ0v) is 13.2. The van der Waals surface area contributed by atoms with E-state index in [0.29, 0.717) is 17.6 Å². The molecule has 3 nitrogen and oxygen atoms in total. The highest BCUT2D eigenvalue weighted by molar-refractivity contribution is 7.80. The number of rotatable bonds is 5. The average Bonchev–Trinajstić information content (AvgIpc) is 2.41. The van der Waals surface area contributed by atoms with Crippen LogP contribution in [0.25, 0.3) is 0 Å². The Bertz CT molecular complexity index is 464. The largest absolute Gasteiger partial charge is 0.492 e. The van der Waals surface area contributed by atoms with Gasteiger partial charge in [-0.2, -0.15) is 0 Å². The number of likely N-dealkylation sites (tertiary alicyclic amines) is 1. The Balaban J connectivity index is 1.86. The van der Waals surface area contributed by atoms with E-state index in [0.717, 1.165) is 23.8 Å². The Kier molecular flexibility index (Phi) is 5.38. The van der Waals surface area contributed by atoms with Crippen LogP contribution < -0.4 is 10.5 Å². The van der Waals surface area contributed by atoms with Crippen molar-refractivity contribution in [2.45, 2.75) is 32.7 Å². The molecule has 0 radical (unpaired) electrons. The van der Waals surface area contributed by atoms with Crippen molar-refractivity contribution in [3.63, 3.8) is 0 Å². The molecule has 0 aliphatic carbocycles. The zero-order chi connectivity index (χ0) is 14.5. The second-order valence-electron chi connectivity index (χ2n) is 5.72. The Morgan fingerprint density at radius 2 is 2.15 bits per heavy atom. The molecular formula is C16H24N2OS. The predicted molar refractivity (Wildman–Crippen MR) is 87.3 cm³/mol. The third-order valence-corrected chi connectivity index (χ3v) is 4.28. The Labute approximate surface area is 127 Å². The van der Waals surface area contributed by atoms with E-state index in [1.807, 2.05) is 24.3 Å². The van der Waals surface area contributed by atoms with Gasteiger partial charge in [0.2, 0.25) is 0 Å². The molecule has 2 unspecified atom stereocenters. The highest BCUT2D eigenvalue weighted by Crippen LogP contribution is 2.22. The SMILES string of the molecule is CC1CCN(CCOc2ccccc2C(N)=S)C(C)C1. The molecule has 2 N–H and O–H groups in total. The zero-order valence-electron chi connectivity index (χ0n) is 12.3. The highest BCUT2D eigenvalue weighted by Gasteiger charge is 2.22. The van der Waals surface area contributed by atoms with Crippen molar-refractivity contribution in [2.75, 3.05) is 19.7 Å². The molecule has 0 spiro atoms. The summed E-state index contributed by atoms with van der Waals surface area (Å²) in [7, 11) is 0. The highest BCUT2D eigenvalue weighted by atomic mass is 32.1. The van der Waals surface area contributed by atoms with E-state index < -0.39 is 0 Å². The fraction of sp³-hybridized carbons (Fsp3) is 0.562. The van der Waals surface area contributed by atoms with Gasteiger partial charge in [0.25, 0.3) is 0 Å². The van der Waals surface area contributed by atoms with Crippen LogP contribution in [0.15, 0.2) is 24.3 Å². The number of ether oxygens (including phenoxy) is 1. The fourth-order valence-electron chi connectivity index (χ4n) is 2.86. The van der Waals surface area contributed by atoms with Crippen molar-refractivity contribution >= 4 is 17.2 Å². The summed E-state index contributed by atoms with van der Waals surface area (Å²) < 4.78 is 5.87. The van der Waals surface area contributed by atoms with Gasteiger partial charge in [-0.05, 0) is 44.4 Å². The molecule has 20 heavy (non-hydrogen) atoms. The average molecular weight is 292 g/mol. The minimum absolute atomic E-state index is 0.390. The van der Waals surface area contributed by atoms with Gasteiger partial charge in [-0.3, -0.25) is 4.90 Å². The maximum atomic E-state index is 5.87. The number of hydrogen-bond donors (Lipinski definition) is 1. The van der Waals surface area contributed by atoms with Gasteiger partial charge in [0, 0.05) is 12.6 Å². The minimum Gasteiger partial charge on any atom is -0.492 e. The molecule has 1 aliphatic heterocycles. The summed E-state index contributed by atoms with van der Waals surface area (Å²) in [6.07, 6.45) is 2.57. The second-order valence-corrected chi connectivity index (χ2v) is 6.16. The van der Waals surface area contributed by atoms with E-state index in [9.17, 15) is 0 Å². The van der Waals surface area contributed by atoms with Crippen LogP contribution in [0.5, 0.6) is 5.75 Å². The number of para-hydroxylation sites is 1. The molecule has 1 aromatic carbocycles. The number of nitrogens with zero attached hydrogens (tertiary/aromatic N) is 1. The van der Waals surface area contributed by atoms with Gasteiger partial charge in [-0.25, -0.2) is 0 Å². The van der Waals surface area contributed by atoms with Crippen LogP contribution in [-0.2, 0) is 0 Å². The van der Waals surface area contributed by atoms with Crippen LogP contribution in [0.1, 0.15) is 32.3 Å². The van der Waals surface area contributed by atoms with Crippen molar-refractivity contribution in [1.29, 1.82) is 0 Å². The summed E-state index contributed by atoms with van der Waals surface area (Å²) in [5.41, 5.74) is 6.53. The molecule has 0 saturated carbocycles. The fourth-order valence-corrected chi connectivity index (χ4v) is 3.03. The van der Waals surface area contributed by atoms with Gasteiger partial charge < -0.3 is 10.5 Å². The number of benzene rings is 1. The van der Waals surface area contributed by atoms with E-state index in [4.69, 9.17) is 22.7 Å². The van der Waals surface area contributed by atoms with Crippen molar-refractivity contribution in [1.82, 2.24) is 4.90 Å². The minimum atomic E-state index is 0.390. The van der Waals surface area contributed by atoms with Crippen LogP contribution in [0.3, 0.4) is 0 Å². The van der Waals surface area contributed by atoms with Crippen molar-refractivity contribution in [2.24, 2.45) is 11.7 Å². The molecule has 110 valence electrons. The number of nitrogens with two attached hydrogens (primary N) is 1. The Morgan fingerprint density at radius 3 is 2.85 bits per heavy atom. The number of hydrogen-bond acceptors (Lipinski definition) is 3. The summed E-state index contributed by atoms with van der Waals surface area (Å²) in [5.74, 6) is 1.63. The molecule has 4 heteroatoms. The maximum Gasteiger partial charge on any atom is 0.129 e. The molecule has 1 saturated heterocycles. The molecule has 2 atom stereocenters. The lowest BCUT2D eigenvalue weighted by Gasteiger charge is -2.36. The van der Waals surface area contributed by atoms with E-state index in [1.54, 1.807) is 0 Å². The first-order chi connectivity index (χ1) is 9.58. The van der Waals surface area contributed by atoms with E-state index in [-0.39, 0.29) is 0 Å². The smallest absolute Gasteiger partial charge is 0.129 e. The molecule has 1 heterocycles. The van der Waals surface area contributed by atoms with Gasteiger partial charge in [0.15, 0.2) is 0 Å². The monoisotopic (exact) mass is 292 g/mol. The summed E-state index contributed by atoms with van der Waals surface area (Å²) in [6.45, 7) is 7.45. The van der Waals surface area contributed by atoms with Crippen molar-refractivity contribution < 1.29 is 4.74 Å². The van der Waals surface area contributed by atoms with Crippen LogP contribution in [-0.4, -0.2) is 35.6 Å². The maximum absolute atomic E-state index is 5.87. The van der Waals surface area contributed by atoms with Crippen molar-refractivity contribution in [3.05, 3.63) is 29.8 Å². The molecule has 1 aromatic rings. The lowest BCUT2D eigenvalue weighted by Crippen LogP contribution is -2.42.